The van der Waals surface area contributed by atoms with Crippen molar-refractivity contribution in [3.05, 3.63) is 0 Å². The molecule has 0 spiro atoms. The first-order valence-electron chi connectivity index (χ1n) is 31.3. The van der Waals surface area contributed by atoms with Gasteiger partial charge < -0.3 is 19.5 Å². The summed E-state index contributed by atoms with van der Waals surface area (Å²) in [7, 11) is 0. The Morgan fingerprint density at radius 2 is 0.710 bits per heavy atom. The van der Waals surface area contributed by atoms with Crippen molar-refractivity contribution in [3.8, 4) is 0 Å². The summed E-state index contributed by atoms with van der Waals surface area (Å²) in [6.07, 6.45) is 52.8. The largest absolute Gasteiger partial charge is 0.465 e. The summed E-state index contributed by atoms with van der Waals surface area (Å²) >= 11 is 0. The van der Waals surface area contributed by atoms with Crippen LogP contribution in [0.3, 0.4) is 0 Å². The van der Waals surface area contributed by atoms with E-state index in [4.69, 9.17) is 9.47 Å². The third kappa shape index (κ3) is 41.9. The standard InChI is InChI=1S/C62H122N2O5/c1-6-11-16-21-25-31-40-57(41-32-26-22-17-12-7-2)55-68-61(66)44-35-29-38-51-63(50-37-20-15-10-5)53-54-64(59-46-48-60(65)49-47-59)52-39-30-36-45-62(67)69-56-58(42-33-27-23-18-13-8-3)43-34-28-24-19-14-9-4/h57-60,65H,6-56H2,1-5H3. The number of rotatable bonds is 53. The van der Waals surface area contributed by atoms with E-state index in [1.54, 1.807) is 0 Å². The maximum atomic E-state index is 13.0. The Labute approximate surface area is 431 Å². The van der Waals surface area contributed by atoms with Crippen molar-refractivity contribution >= 4 is 11.9 Å². The molecule has 0 saturated heterocycles. The first-order chi connectivity index (χ1) is 33.9. The van der Waals surface area contributed by atoms with Gasteiger partial charge in [0.25, 0.3) is 0 Å². The van der Waals surface area contributed by atoms with E-state index in [-0.39, 0.29) is 18.0 Å². The van der Waals surface area contributed by atoms with E-state index >= 15 is 0 Å². The number of hydrogen-bond donors (Lipinski definition) is 1. The van der Waals surface area contributed by atoms with Crippen LogP contribution in [0.5, 0.6) is 0 Å². The van der Waals surface area contributed by atoms with Crippen LogP contribution in [0.1, 0.15) is 317 Å². The van der Waals surface area contributed by atoms with Crippen molar-refractivity contribution in [2.24, 2.45) is 11.8 Å². The molecule has 7 heteroatoms. The highest BCUT2D eigenvalue weighted by Crippen LogP contribution is 2.25. The summed E-state index contributed by atoms with van der Waals surface area (Å²) < 4.78 is 11.9. The van der Waals surface area contributed by atoms with Crippen molar-refractivity contribution in [2.45, 2.75) is 329 Å². The molecule has 0 aliphatic heterocycles. The molecule has 1 fully saturated rings. The molecule has 1 saturated carbocycles. The van der Waals surface area contributed by atoms with Crippen LogP contribution in [0.4, 0.5) is 0 Å². The number of aliphatic hydroxyl groups is 1. The summed E-state index contributed by atoms with van der Waals surface area (Å²) in [5.41, 5.74) is 0. The summed E-state index contributed by atoms with van der Waals surface area (Å²) in [5.74, 6) is 1.06. The average Bonchev–Trinajstić information content (AvgIpc) is 3.35. The quantitative estimate of drug-likeness (QED) is 0.0480. The van der Waals surface area contributed by atoms with E-state index < -0.39 is 0 Å². The minimum Gasteiger partial charge on any atom is -0.465 e. The predicted molar refractivity (Wildman–Crippen MR) is 298 cm³/mol. The SMILES string of the molecule is CCCCCCCCC(CCCCCCCC)COC(=O)CCCCCN(CCCCCC)CCN(CCCCCC(=O)OCC(CCCCCCCC)CCCCCCCC)C1CCC(O)CC1. The van der Waals surface area contributed by atoms with E-state index in [2.05, 4.69) is 44.4 Å². The van der Waals surface area contributed by atoms with Crippen LogP contribution in [0.2, 0.25) is 0 Å². The third-order valence-electron chi connectivity index (χ3n) is 15.7. The van der Waals surface area contributed by atoms with Crippen molar-refractivity contribution in [1.29, 1.82) is 0 Å². The first kappa shape index (κ1) is 65.8. The van der Waals surface area contributed by atoms with Gasteiger partial charge in [-0.3, -0.25) is 14.5 Å². The molecule has 0 unspecified atom stereocenters. The first-order valence-corrected chi connectivity index (χ1v) is 31.3. The number of aliphatic hydroxyl groups excluding tert-OH is 1. The molecule has 0 aromatic heterocycles. The fourth-order valence-electron chi connectivity index (χ4n) is 10.9. The Morgan fingerprint density at radius 3 is 1.09 bits per heavy atom. The molecule has 69 heavy (non-hydrogen) atoms. The van der Waals surface area contributed by atoms with E-state index in [9.17, 15) is 14.7 Å². The fraction of sp³-hybridized carbons (Fsp3) is 0.968. The van der Waals surface area contributed by atoms with E-state index in [0.29, 0.717) is 43.9 Å². The van der Waals surface area contributed by atoms with Crippen LogP contribution in [0.15, 0.2) is 0 Å². The van der Waals surface area contributed by atoms with Gasteiger partial charge in [0.1, 0.15) is 0 Å². The van der Waals surface area contributed by atoms with Gasteiger partial charge in [0.15, 0.2) is 0 Å². The lowest BCUT2D eigenvalue weighted by atomic mass is 9.91. The van der Waals surface area contributed by atoms with Crippen LogP contribution in [-0.4, -0.2) is 84.9 Å². The molecule has 0 heterocycles. The lowest BCUT2D eigenvalue weighted by Gasteiger charge is -2.37. The van der Waals surface area contributed by atoms with E-state index in [0.717, 1.165) is 96.9 Å². The molecule has 410 valence electrons. The van der Waals surface area contributed by atoms with Gasteiger partial charge in [0.05, 0.1) is 19.3 Å². The second-order valence-electron chi connectivity index (χ2n) is 22.3. The van der Waals surface area contributed by atoms with Gasteiger partial charge in [0, 0.05) is 32.0 Å². The Balaban J connectivity index is 2.60. The average molecular weight is 976 g/mol. The van der Waals surface area contributed by atoms with E-state index in [1.165, 1.54) is 205 Å². The molecule has 0 aromatic carbocycles. The van der Waals surface area contributed by atoms with Crippen molar-refractivity contribution in [2.75, 3.05) is 45.9 Å². The van der Waals surface area contributed by atoms with Crippen molar-refractivity contribution in [3.63, 3.8) is 0 Å². The third-order valence-corrected chi connectivity index (χ3v) is 15.7. The highest BCUT2D eigenvalue weighted by molar-refractivity contribution is 5.69. The fourth-order valence-corrected chi connectivity index (χ4v) is 10.9. The number of esters is 2. The molecule has 7 nitrogen and oxygen atoms in total. The Morgan fingerprint density at radius 1 is 0.391 bits per heavy atom. The minimum atomic E-state index is -0.144. The Bertz CT molecular complexity index is 1050. The molecule has 1 rings (SSSR count). The summed E-state index contributed by atoms with van der Waals surface area (Å²) in [6.45, 7) is 18.1. The highest BCUT2D eigenvalue weighted by atomic mass is 16.5. The zero-order valence-corrected chi connectivity index (χ0v) is 47.3. The molecule has 1 N–H and O–H groups in total. The van der Waals surface area contributed by atoms with E-state index in [1.807, 2.05) is 0 Å². The van der Waals surface area contributed by atoms with Gasteiger partial charge >= 0.3 is 11.9 Å². The van der Waals surface area contributed by atoms with Crippen molar-refractivity contribution < 1.29 is 24.2 Å². The van der Waals surface area contributed by atoms with Gasteiger partial charge in [-0.25, -0.2) is 0 Å². The van der Waals surface area contributed by atoms with Gasteiger partial charge in [-0.05, 0) is 115 Å². The van der Waals surface area contributed by atoms with Gasteiger partial charge in [0.2, 0.25) is 0 Å². The molecule has 0 aromatic rings. The van der Waals surface area contributed by atoms with Crippen LogP contribution < -0.4 is 0 Å². The van der Waals surface area contributed by atoms with Gasteiger partial charge in [-0.2, -0.15) is 0 Å². The molecule has 0 atom stereocenters. The molecule has 0 radical (unpaired) electrons. The normalized spacial score (nSPS) is 15.3. The molecule has 1 aliphatic carbocycles. The second-order valence-corrected chi connectivity index (χ2v) is 22.3. The topological polar surface area (TPSA) is 79.3 Å². The van der Waals surface area contributed by atoms with Crippen LogP contribution in [-0.2, 0) is 19.1 Å². The second kappa shape index (κ2) is 50.4. The molecular weight excluding hydrogens is 853 g/mol. The number of nitrogens with zero attached hydrogens (tertiary/aromatic N) is 2. The minimum absolute atomic E-state index is 0.00543. The maximum Gasteiger partial charge on any atom is 0.305 e. The lowest BCUT2D eigenvalue weighted by molar-refractivity contribution is -0.146. The zero-order chi connectivity index (χ0) is 50.1. The van der Waals surface area contributed by atoms with Crippen molar-refractivity contribution in [1.82, 2.24) is 9.80 Å². The summed E-state index contributed by atoms with van der Waals surface area (Å²) in [6, 6.07) is 0.540. The zero-order valence-electron chi connectivity index (χ0n) is 47.3. The lowest BCUT2D eigenvalue weighted by Crippen LogP contribution is -2.44. The predicted octanol–water partition coefficient (Wildman–Crippen LogP) is 17.9. The highest BCUT2D eigenvalue weighted by Gasteiger charge is 2.25. The number of unbranched alkanes of at least 4 members (excludes halogenated alkanes) is 27. The summed E-state index contributed by atoms with van der Waals surface area (Å²) in [5, 5.41) is 10.4. The van der Waals surface area contributed by atoms with Crippen LogP contribution >= 0.6 is 0 Å². The molecule has 0 amide bonds. The molecule has 1 aliphatic rings. The Hall–Kier alpha value is -1.18. The number of carbonyl (C=O) groups is 2. The molecular formula is C62H122N2O5. The van der Waals surface area contributed by atoms with Gasteiger partial charge in [-0.1, -0.05) is 221 Å². The Kier molecular flexibility index (Phi) is 48.0. The number of hydrogen-bond acceptors (Lipinski definition) is 7. The van der Waals surface area contributed by atoms with Crippen LogP contribution in [0, 0.1) is 11.8 Å². The summed E-state index contributed by atoms with van der Waals surface area (Å²) in [4.78, 5) is 31.4. The number of ether oxygens (including phenoxy) is 2. The monoisotopic (exact) mass is 975 g/mol. The van der Waals surface area contributed by atoms with Gasteiger partial charge in [-0.15, -0.1) is 0 Å². The smallest absolute Gasteiger partial charge is 0.305 e. The van der Waals surface area contributed by atoms with Crippen LogP contribution in [0.25, 0.3) is 0 Å². The maximum absolute atomic E-state index is 13.0. The number of carbonyl (C=O) groups excluding carboxylic acids is 2. The molecule has 0 bridgehead atoms.